The van der Waals surface area contributed by atoms with Crippen LogP contribution in [0.25, 0.3) is 77.0 Å². The van der Waals surface area contributed by atoms with Gasteiger partial charge in [-0.1, -0.05) is 115 Å². The molecule has 9 rings (SSSR count). The average molecular weight is 536 g/mol. The van der Waals surface area contributed by atoms with Gasteiger partial charge in [0.25, 0.3) is 0 Å². The fourth-order valence-corrected chi connectivity index (χ4v) is 6.73. The highest BCUT2D eigenvalue weighted by atomic mass is 15.1. The highest BCUT2D eigenvalue weighted by Gasteiger charge is 2.22. The molecule has 0 fully saturated rings. The number of hydrogen-bond donors (Lipinski definition) is 0. The summed E-state index contributed by atoms with van der Waals surface area (Å²) in [5.41, 5.74) is 8.23. The predicted molar refractivity (Wildman–Crippen MR) is 176 cm³/mol. The smallest absolute Gasteiger partial charge is 0.145 e. The molecule has 3 heterocycles. The monoisotopic (exact) mass is 535 g/mol. The van der Waals surface area contributed by atoms with Crippen LogP contribution in [-0.4, -0.2) is 14.1 Å². The van der Waals surface area contributed by atoms with Crippen molar-refractivity contribution in [2.75, 3.05) is 0 Å². The number of benzene rings is 6. The molecule has 0 atom stereocenters. The molecule has 0 aliphatic rings. The molecule has 42 heavy (non-hydrogen) atoms. The summed E-state index contributed by atoms with van der Waals surface area (Å²) in [5.74, 6) is 0.946. The van der Waals surface area contributed by atoms with E-state index in [2.05, 4.69) is 155 Å². The van der Waals surface area contributed by atoms with Crippen molar-refractivity contribution in [2.45, 2.75) is 0 Å². The van der Waals surface area contributed by atoms with Gasteiger partial charge in [0, 0.05) is 38.8 Å². The molecule has 9 aromatic rings. The van der Waals surface area contributed by atoms with E-state index in [0.29, 0.717) is 0 Å². The van der Waals surface area contributed by atoms with Crippen LogP contribution in [0.4, 0.5) is 0 Å². The van der Waals surface area contributed by atoms with Crippen molar-refractivity contribution in [3.8, 4) is 22.6 Å². The van der Waals surface area contributed by atoms with Crippen molar-refractivity contribution in [2.24, 2.45) is 0 Å². The third-order valence-electron chi connectivity index (χ3n) is 8.54. The second-order valence-corrected chi connectivity index (χ2v) is 10.8. The van der Waals surface area contributed by atoms with Crippen LogP contribution < -0.4 is 0 Å². The van der Waals surface area contributed by atoms with Gasteiger partial charge in [-0.2, -0.15) is 0 Å². The zero-order valence-corrected chi connectivity index (χ0v) is 22.8. The number of nitrogens with zero attached hydrogens (tertiary/aromatic N) is 3. The Balaban J connectivity index is 1.49. The summed E-state index contributed by atoms with van der Waals surface area (Å²) >= 11 is 0. The number of hydrogen-bond acceptors (Lipinski definition) is 1. The van der Waals surface area contributed by atoms with Crippen LogP contribution in [0.1, 0.15) is 0 Å². The summed E-state index contributed by atoms with van der Waals surface area (Å²) in [6.07, 6.45) is 1.93. The van der Waals surface area contributed by atoms with Crippen molar-refractivity contribution in [3.05, 3.63) is 152 Å². The molecule has 0 aliphatic heterocycles. The van der Waals surface area contributed by atoms with Gasteiger partial charge in [-0.05, 0) is 46.8 Å². The van der Waals surface area contributed by atoms with Crippen molar-refractivity contribution in [3.63, 3.8) is 0 Å². The predicted octanol–water partition coefficient (Wildman–Crippen LogP) is 10.1. The third kappa shape index (κ3) is 3.25. The Hall–Kier alpha value is -5.67. The first kappa shape index (κ1) is 23.1. The van der Waals surface area contributed by atoms with Crippen LogP contribution in [-0.2, 0) is 0 Å². The van der Waals surface area contributed by atoms with Gasteiger partial charge in [0.15, 0.2) is 0 Å². The summed E-state index contributed by atoms with van der Waals surface area (Å²) in [6, 6.07) is 52.2. The highest BCUT2D eigenvalue weighted by Crippen LogP contribution is 2.42. The SMILES string of the molecule is c1ccc(-c2cccc(-n3c4ccccc4c4ccc5c6ccccc6n(-c6nccc7ccccc67)c5c43)c2)cc1. The molecular weight excluding hydrogens is 510 g/mol. The molecule has 0 amide bonds. The number of pyridine rings is 1. The zero-order valence-electron chi connectivity index (χ0n) is 22.8. The molecule has 0 bridgehead atoms. The van der Waals surface area contributed by atoms with Crippen molar-refractivity contribution < 1.29 is 0 Å². The van der Waals surface area contributed by atoms with Gasteiger partial charge >= 0.3 is 0 Å². The van der Waals surface area contributed by atoms with E-state index in [4.69, 9.17) is 4.98 Å². The Morgan fingerprint density at radius 3 is 1.76 bits per heavy atom. The topological polar surface area (TPSA) is 22.8 Å². The standard InChI is InChI=1S/C39H25N3/c1-2-11-26(12-3-1)28-14-10-15-29(25-28)41-35-19-8-6-17-31(35)33-21-22-34-32-18-7-9-20-36(32)42(38(34)37(33)41)39-30-16-5-4-13-27(30)23-24-40-39/h1-25H. The highest BCUT2D eigenvalue weighted by molar-refractivity contribution is 6.24. The minimum absolute atomic E-state index is 0.946. The van der Waals surface area contributed by atoms with E-state index in [-0.39, 0.29) is 0 Å². The zero-order chi connectivity index (χ0) is 27.6. The van der Waals surface area contributed by atoms with E-state index in [1.54, 1.807) is 0 Å². The molecule has 0 saturated heterocycles. The summed E-state index contributed by atoms with van der Waals surface area (Å²) in [4.78, 5) is 5.02. The second-order valence-electron chi connectivity index (χ2n) is 10.8. The lowest BCUT2D eigenvalue weighted by atomic mass is 10.1. The van der Waals surface area contributed by atoms with Crippen LogP contribution in [0.2, 0.25) is 0 Å². The maximum Gasteiger partial charge on any atom is 0.145 e. The quantitative estimate of drug-likeness (QED) is 0.221. The second kappa shape index (κ2) is 8.92. The fraction of sp³-hybridized carbons (Fsp3) is 0. The minimum Gasteiger partial charge on any atom is -0.307 e. The molecule has 3 heteroatoms. The van der Waals surface area contributed by atoms with Crippen LogP contribution in [0.5, 0.6) is 0 Å². The number of aromatic nitrogens is 3. The Kier molecular flexibility index (Phi) is 4.90. The lowest BCUT2D eigenvalue weighted by molar-refractivity contribution is 1.09. The van der Waals surface area contributed by atoms with Crippen molar-refractivity contribution in [1.82, 2.24) is 14.1 Å². The number of para-hydroxylation sites is 2. The Bertz CT molecular complexity index is 2460. The maximum atomic E-state index is 5.02. The first-order valence-electron chi connectivity index (χ1n) is 14.3. The van der Waals surface area contributed by atoms with Gasteiger partial charge in [-0.3, -0.25) is 4.57 Å². The molecule has 0 spiro atoms. The van der Waals surface area contributed by atoms with Crippen molar-refractivity contribution in [1.29, 1.82) is 0 Å². The summed E-state index contributed by atoms with van der Waals surface area (Å²) in [6.45, 7) is 0. The lowest BCUT2D eigenvalue weighted by Crippen LogP contribution is -2.01. The van der Waals surface area contributed by atoms with Crippen LogP contribution >= 0.6 is 0 Å². The van der Waals surface area contributed by atoms with Gasteiger partial charge < -0.3 is 4.57 Å². The molecule has 6 aromatic carbocycles. The van der Waals surface area contributed by atoms with E-state index >= 15 is 0 Å². The van der Waals surface area contributed by atoms with Gasteiger partial charge in [-0.25, -0.2) is 4.98 Å². The van der Waals surface area contributed by atoms with Crippen LogP contribution in [0, 0.1) is 0 Å². The van der Waals surface area contributed by atoms with E-state index in [9.17, 15) is 0 Å². The van der Waals surface area contributed by atoms with Gasteiger partial charge in [-0.15, -0.1) is 0 Å². The summed E-state index contributed by atoms with van der Waals surface area (Å²) < 4.78 is 4.83. The molecule has 3 nitrogen and oxygen atoms in total. The molecule has 3 aromatic heterocycles. The molecule has 0 N–H and O–H groups in total. The maximum absolute atomic E-state index is 5.02. The first-order valence-corrected chi connectivity index (χ1v) is 14.3. The van der Waals surface area contributed by atoms with Gasteiger partial charge in [0.2, 0.25) is 0 Å². The minimum atomic E-state index is 0.946. The summed E-state index contributed by atoms with van der Waals surface area (Å²) in [5, 5.41) is 7.22. The first-order chi connectivity index (χ1) is 20.9. The molecule has 0 saturated carbocycles. The number of rotatable bonds is 3. The molecular formula is C39H25N3. The van der Waals surface area contributed by atoms with E-state index in [1.807, 2.05) is 6.20 Å². The van der Waals surface area contributed by atoms with E-state index in [1.165, 1.54) is 54.6 Å². The number of fused-ring (bicyclic) bond motifs is 8. The average Bonchev–Trinajstić information content (AvgIpc) is 3.58. The molecule has 0 unspecified atom stereocenters. The molecule has 0 aliphatic carbocycles. The summed E-state index contributed by atoms with van der Waals surface area (Å²) in [7, 11) is 0. The Morgan fingerprint density at radius 2 is 1.00 bits per heavy atom. The van der Waals surface area contributed by atoms with Crippen LogP contribution in [0.3, 0.4) is 0 Å². The van der Waals surface area contributed by atoms with Gasteiger partial charge in [0.1, 0.15) is 5.82 Å². The normalized spacial score (nSPS) is 11.8. The fourth-order valence-electron chi connectivity index (χ4n) is 6.73. The lowest BCUT2D eigenvalue weighted by Gasteiger charge is -2.14. The molecule has 196 valence electrons. The third-order valence-corrected chi connectivity index (χ3v) is 8.54. The van der Waals surface area contributed by atoms with E-state index < -0.39 is 0 Å². The molecule has 0 radical (unpaired) electrons. The van der Waals surface area contributed by atoms with E-state index in [0.717, 1.165) is 22.4 Å². The Labute approximate surface area is 242 Å². The Morgan fingerprint density at radius 1 is 0.405 bits per heavy atom. The van der Waals surface area contributed by atoms with Crippen LogP contribution in [0.15, 0.2) is 152 Å². The van der Waals surface area contributed by atoms with Gasteiger partial charge in [0.05, 0.1) is 22.1 Å². The largest absolute Gasteiger partial charge is 0.307 e. The van der Waals surface area contributed by atoms with Crippen molar-refractivity contribution >= 4 is 54.4 Å².